The lowest BCUT2D eigenvalue weighted by Crippen LogP contribution is -2.13. The highest BCUT2D eigenvalue weighted by Crippen LogP contribution is 2.24. The van der Waals surface area contributed by atoms with E-state index in [9.17, 15) is 4.79 Å². The highest BCUT2D eigenvalue weighted by molar-refractivity contribution is 6.31. The molecule has 2 rings (SSSR count). The van der Waals surface area contributed by atoms with Crippen molar-refractivity contribution in [2.24, 2.45) is 0 Å². The molecule has 23 heavy (non-hydrogen) atoms. The molecule has 0 atom stereocenters. The Labute approximate surface area is 141 Å². The quantitative estimate of drug-likeness (QED) is 0.736. The standard InChI is InChI=1S/C19H20ClNO2/c1-14(2)13-23-18-10-6-5-9-17(18)21-19(22)12-11-15-7-3-4-8-16(15)20/h3-10H,1,11-13H2,2H3,(H,21,22). The molecule has 1 amide bonds. The summed E-state index contributed by atoms with van der Waals surface area (Å²) in [6, 6.07) is 14.9. The van der Waals surface area contributed by atoms with Crippen molar-refractivity contribution in [3.8, 4) is 5.75 Å². The number of anilines is 1. The van der Waals surface area contributed by atoms with Gasteiger partial charge in [0.2, 0.25) is 5.91 Å². The zero-order valence-electron chi connectivity index (χ0n) is 13.1. The Bertz CT molecular complexity index is 697. The van der Waals surface area contributed by atoms with E-state index in [2.05, 4.69) is 11.9 Å². The SMILES string of the molecule is C=C(C)COc1ccccc1NC(=O)CCc1ccccc1Cl. The van der Waals surface area contributed by atoms with Crippen LogP contribution in [0.4, 0.5) is 5.69 Å². The molecule has 0 aliphatic carbocycles. The number of hydrogen-bond acceptors (Lipinski definition) is 2. The smallest absolute Gasteiger partial charge is 0.224 e. The molecule has 0 unspecified atom stereocenters. The van der Waals surface area contributed by atoms with Crippen molar-refractivity contribution in [2.45, 2.75) is 19.8 Å². The minimum atomic E-state index is -0.0729. The Balaban J connectivity index is 1.95. The van der Waals surface area contributed by atoms with Gasteiger partial charge in [0, 0.05) is 11.4 Å². The van der Waals surface area contributed by atoms with Crippen LogP contribution in [0.3, 0.4) is 0 Å². The van der Waals surface area contributed by atoms with Crippen LogP contribution in [0.1, 0.15) is 18.9 Å². The number of carbonyl (C=O) groups is 1. The Morgan fingerprint density at radius 2 is 1.87 bits per heavy atom. The maximum absolute atomic E-state index is 12.2. The van der Waals surface area contributed by atoms with Gasteiger partial charge in [0.15, 0.2) is 0 Å². The first-order valence-corrected chi connectivity index (χ1v) is 7.83. The number of rotatable bonds is 7. The van der Waals surface area contributed by atoms with E-state index in [1.165, 1.54) is 0 Å². The fraction of sp³-hybridized carbons (Fsp3) is 0.211. The van der Waals surface area contributed by atoms with Crippen LogP contribution >= 0.6 is 11.6 Å². The molecule has 120 valence electrons. The molecule has 4 heteroatoms. The number of aryl methyl sites for hydroxylation is 1. The van der Waals surface area contributed by atoms with Crippen molar-refractivity contribution < 1.29 is 9.53 Å². The molecule has 0 spiro atoms. The summed E-state index contributed by atoms with van der Waals surface area (Å²) >= 11 is 6.10. The molecular formula is C19H20ClNO2. The Hall–Kier alpha value is -2.26. The molecule has 1 N–H and O–H groups in total. The Morgan fingerprint density at radius 1 is 1.17 bits per heavy atom. The monoisotopic (exact) mass is 329 g/mol. The number of nitrogens with one attached hydrogen (secondary N) is 1. The molecule has 0 heterocycles. The largest absolute Gasteiger partial charge is 0.487 e. The second-order valence-corrected chi connectivity index (χ2v) is 5.79. The van der Waals surface area contributed by atoms with Gasteiger partial charge in [-0.1, -0.05) is 48.5 Å². The minimum absolute atomic E-state index is 0.0729. The maximum Gasteiger partial charge on any atom is 0.224 e. The lowest BCUT2D eigenvalue weighted by molar-refractivity contribution is -0.116. The number of hydrogen-bond donors (Lipinski definition) is 1. The molecule has 2 aromatic carbocycles. The van der Waals surface area contributed by atoms with E-state index in [1.54, 1.807) is 0 Å². The third-order valence-corrected chi connectivity index (χ3v) is 3.58. The Morgan fingerprint density at radius 3 is 2.61 bits per heavy atom. The lowest BCUT2D eigenvalue weighted by Gasteiger charge is -2.12. The summed E-state index contributed by atoms with van der Waals surface area (Å²) in [4.78, 5) is 12.2. The summed E-state index contributed by atoms with van der Waals surface area (Å²) in [6.45, 7) is 6.12. The first-order chi connectivity index (χ1) is 11.1. The van der Waals surface area contributed by atoms with E-state index in [-0.39, 0.29) is 5.91 Å². The van der Waals surface area contributed by atoms with Crippen LogP contribution in [0.2, 0.25) is 5.02 Å². The number of halogens is 1. The van der Waals surface area contributed by atoms with Crippen LogP contribution in [0.15, 0.2) is 60.7 Å². The van der Waals surface area contributed by atoms with Gasteiger partial charge >= 0.3 is 0 Å². The van der Waals surface area contributed by atoms with Gasteiger partial charge in [0.05, 0.1) is 5.69 Å². The summed E-state index contributed by atoms with van der Waals surface area (Å²) in [5.41, 5.74) is 2.55. The lowest BCUT2D eigenvalue weighted by atomic mass is 10.1. The topological polar surface area (TPSA) is 38.3 Å². The maximum atomic E-state index is 12.2. The van der Waals surface area contributed by atoms with Crippen LogP contribution in [-0.4, -0.2) is 12.5 Å². The van der Waals surface area contributed by atoms with E-state index < -0.39 is 0 Å². The molecule has 0 aliphatic rings. The summed E-state index contributed by atoms with van der Waals surface area (Å²) in [5.74, 6) is 0.567. The van der Waals surface area contributed by atoms with Gasteiger partial charge in [-0.2, -0.15) is 0 Å². The fourth-order valence-corrected chi connectivity index (χ4v) is 2.29. The molecule has 0 saturated heterocycles. The second-order valence-electron chi connectivity index (χ2n) is 5.38. The number of amides is 1. The zero-order chi connectivity index (χ0) is 16.7. The van der Waals surface area contributed by atoms with Gasteiger partial charge in [-0.15, -0.1) is 0 Å². The summed E-state index contributed by atoms with van der Waals surface area (Å²) in [6.07, 6.45) is 0.957. The van der Waals surface area contributed by atoms with Gasteiger partial charge < -0.3 is 10.1 Å². The number of para-hydroxylation sites is 2. The van der Waals surface area contributed by atoms with Crippen LogP contribution in [0, 0.1) is 0 Å². The molecule has 0 saturated carbocycles. The summed E-state index contributed by atoms with van der Waals surface area (Å²) in [7, 11) is 0. The van der Waals surface area contributed by atoms with Crippen molar-refractivity contribution in [1.29, 1.82) is 0 Å². The average Bonchev–Trinajstić information content (AvgIpc) is 2.53. The molecule has 3 nitrogen and oxygen atoms in total. The summed E-state index contributed by atoms with van der Waals surface area (Å²) in [5, 5.41) is 3.57. The van der Waals surface area contributed by atoms with E-state index in [0.717, 1.165) is 11.1 Å². The van der Waals surface area contributed by atoms with E-state index in [4.69, 9.17) is 16.3 Å². The first kappa shape index (κ1) is 17.1. The zero-order valence-corrected chi connectivity index (χ0v) is 13.9. The summed E-state index contributed by atoms with van der Waals surface area (Å²) < 4.78 is 5.65. The molecule has 2 aromatic rings. The van der Waals surface area contributed by atoms with Gasteiger partial charge in [0.1, 0.15) is 12.4 Å². The third kappa shape index (κ3) is 5.46. The molecule has 0 fully saturated rings. The number of benzene rings is 2. The van der Waals surface area contributed by atoms with Crippen molar-refractivity contribution in [2.75, 3.05) is 11.9 Å². The van der Waals surface area contributed by atoms with Crippen molar-refractivity contribution in [3.63, 3.8) is 0 Å². The van der Waals surface area contributed by atoms with Crippen LogP contribution in [0.5, 0.6) is 5.75 Å². The van der Waals surface area contributed by atoms with Crippen molar-refractivity contribution in [3.05, 3.63) is 71.3 Å². The number of carbonyl (C=O) groups excluding carboxylic acids is 1. The fourth-order valence-electron chi connectivity index (χ4n) is 2.06. The van der Waals surface area contributed by atoms with Crippen LogP contribution in [-0.2, 0) is 11.2 Å². The predicted molar refractivity (Wildman–Crippen MR) is 95.2 cm³/mol. The normalized spacial score (nSPS) is 10.2. The number of ether oxygens (including phenoxy) is 1. The van der Waals surface area contributed by atoms with Gasteiger partial charge in [-0.3, -0.25) is 4.79 Å². The van der Waals surface area contributed by atoms with Crippen molar-refractivity contribution in [1.82, 2.24) is 0 Å². The molecule has 0 aromatic heterocycles. The molecule has 0 radical (unpaired) electrons. The molecule has 0 aliphatic heterocycles. The molecule has 0 bridgehead atoms. The van der Waals surface area contributed by atoms with Crippen LogP contribution < -0.4 is 10.1 Å². The minimum Gasteiger partial charge on any atom is -0.487 e. The van der Waals surface area contributed by atoms with Crippen molar-refractivity contribution >= 4 is 23.2 Å². The van der Waals surface area contributed by atoms with Gasteiger partial charge in [-0.25, -0.2) is 0 Å². The predicted octanol–water partition coefficient (Wildman–Crippen LogP) is 4.87. The highest BCUT2D eigenvalue weighted by atomic mass is 35.5. The first-order valence-electron chi connectivity index (χ1n) is 7.45. The second kappa shape index (κ2) is 8.39. The Kier molecular flexibility index (Phi) is 6.24. The van der Waals surface area contributed by atoms with Gasteiger partial charge in [-0.05, 0) is 42.7 Å². The van der Waals surface area contributed by atoms with E-state index >= 15 is 0 Å². The molecular weight excluding hydrogens is 310 g/mol. The average molecular weight is 330 g/mol. The van der Waals surface area contributed by atoms with E-state index in [1.807, 2.05) is 55.5 Å². The van der Waals surface area contributed by atoms with Gasteiger partial charge in [0.25, 0.3) is 0 Å². The van der Waals surface area contributed by atoms with Crippen LogP contribution in [0.25, 0.3) is 0 Å². The van der Waals surface area contributed by atoms with E-state index in [0.29, 0.717) is 35.9 Å². The third-order valence-electron chi connectivity index (χ3n) is 3.21. The highest BCUT2D eigenvalue weighted by Gasteiger charge is 2.09.